The van der Waals surface area contributed by atoms with Crippen molar-refractivity contribution < 1.29 is 8.42 Å². The van der Waals surface area contributed by atoms with Crippen LogP contribution in [0.1, 0.15) is 20.8 Å². The molecule has 0 radical (unpaired) electrons. The zero-order chi connectivity index (χ0) is 17.8. The van der Waals surface area contributed by atoms with Crippen LogP contribution in [0.2, 0.25) is 0 Å². The van der Waals surface area contributed by atoms with E-state index in [4.69, 9.17) is 0 Å². The zero-order valence-corrected chi connectivity index (χ0v) is 16.5. The minimum absolute atomic E-state index is 0.176. The number of thioether (sulfide) groups is 1. The van der Waals surface area contributed by atoms with E-state index in [9.17, 15) is 8.42 Å². The van der Waals surface area contributed by atoms with Crippen LogP contribution < -0.4 is 5.32 Å². The maximum absolute atomic E-state index is 12.1. The first-order valence-corrected chi connectivity index (χ1v) is 10.7. The summed E-state index contributed by atoms with van der Waals surface area (Å²) in [6, 6.07) is 10.3. The molecule has 7 heteroatoms. The molecule has 0 amide bonds. The van der Waals surface area contributed by atoms with Gasteiger partial charge in [-0.15, -0.1) is 11.8 Å². The van der Waals surface area contributed by atoms with Gasteiger partial charge in [-0.3, -0.25) is 4.99 Å². The van der Waals surface area contributed by atoms with E-state index >= 15 is 0 Å². The van der Waals surface area contributed by atoms with Crippen molar-refractivity contribution in [1.29, 1.82) is 0 Å². The molecular weight excluding hydrogens is 342 g/mol. The highest BCUT2D eigenvalue weighted by Gasteiger charge is 2.40. The van der Waals surface area contributed by atoms with Gasteiger partial charge in [0.2, 0.25) is 0 Å². The van der Waals surface area contributed by atoms with Crippen molar-refractivity contribution >= 4 is 27.6 Å². The number of guanidine groups is 1. The van der Waals surface area contributed by atoms with E-state index in [-0.39, 0.29) is 5.75 Å². The van der Waals surface area contributed by atoms with Gasteiger partial charge in [0.1, 0.15) is 0 Å². The summed E-state index contributed by atoms with van der Waals surface area (Å²) >= 11 is 1.81. The molecule has 1 saturated heterocycles. The molecule has 5 nitrogen and oxygen atoms in total. The van der Waals surface area contributed by atoms with E-state index in [2.05, 4.69) is 29.4 Å². The average Bonchev–Trinajstić information content (AvgIpc) is 2.52. The van der Waals surface area contributed by atoms with Crippen LogP contribution in [-0.4, -0.2) is 61.7 Å². The van der Waals surface area contributed by atoms with Crippen LogP contribution in [0.3, 0.4) is 0 Å². The molecule has 0 spiro atoms. The summed E-state index contributed by atoms with van der Waals surface area (Å²) in [5.41, 5.74) is 0. The third-order valence-corrected chi connectivity index (χ3v) is 7.83. The largest absolute Gasteiger partial charge is 0.355 e. The Balaban J connectivity index is 1.91. The molecule has 1 N–H and O–H groups in total. The number of aliphatic imine (C=N–C) groups is 1. The maximum Gasteiger partial charge on any atom is 0.193 e. The summed E-state index contributed by atoms with van der Waals surface area (Å²) in [7, 11) is -1.29. The molecule has 0 bridgehead atoms. The highest BCUT2D eigenvalue weighted by molar-refractivity contribution is 8.00. The molecule has 1 aromatic carbocycles. The van der Waals surface area contributed by atoms with Crippen LogP contribution in [0.5, 0.6) is 0 Å². The molecule has 1 heterocycles. The molecule has 1 fully saturated rings. The zero-order valence-electron chi connectivity index (χ0n) is 14.8. The predicted molar refractivity (Wildman–Crippen MR) is 103 cm³/mol. The first-order valence-electron chi connectivity index (χ1n) is 8.15. The molecule has 2 rings (SSSR count). The fraction of sp³-hybridized carbons (Fsp3) is 0.588. The van der Waals surface area contributed by atoms with Crippen molar-refractivity contribution in [2.75, 3.05) is 32.4 Å². The van der Waals surface area contributed by atoms with E-state index in [0.717, 1.165) is 12.5 Å². The molecule has 1 atom stereocenters. The minimum atomic E-state index is -3.04. The highest BCUT2D eigenvalue weighted by Crippen LogP contribution is 2.24. The fourth-order valence-corrected chi connectivity index (χ4v) is 4.98. The van der Waals surface area contributed by atoms with Crippen LogP contribution in [0.4, 0.5) is 0 Å². The van der Waals surface area contributed by atoms with Crippen molar-refractivity contribution in [2.24, 2.45) is 4.99 Å². The number of hydrogen-bond acceptors (Lipinski definition) is 4. The summed E-state index contributed by atoms with van der Waals surface area (Å²) in [6.45, 7) is 7.48. The SMILES string of the molecule is CN=C(NCC(C)Sc1ccccc1)N1CCS(=O)(=O)C(C)(C)C1. The fourth-order valence-electron chi connectivity index (χ4n) is 2.66. The summed E-state index contributed by atoms with van der Waals surface area (Å²) in [5, 5.41) is 3.76. The summed E-state index contributed by atoms with van der Waals surface area (Å²) < 4.78 is 23.5. The van der Waals surface area contributed by atoms with Crippen molar-refractivity contribution in [2.45, 2.75) is 35.7 Å². The monoisotopic (exact) mass is 369 g/mol. The lowest BCUT2D eigenvalue weighted by Crippen LogP contribution is -2.57. The summed E-state index contributed by atoms with van der Waals surface area (Å²) in [5.74, 6) is 0.952. The molecule has 134 valence electrons. The Labute approximate surface area is 149 Å². The average molecular weight is 370 g/mol. The van der Waals surface area contributed by atoms with Crippen LogP contribution in [0, 0.1) is 0 Å². The van der Waals surface area contributed by atoms with Gasteiger partial charge >= 0.3 is 0 Å². The standard InChI is InChI=1S/C17H27N3O2S2/c1-14(23-15-8-6-5-7-9-15)12-19-16(18-4)20-10-11-24(21,22)17(2,3)13-20/h5-9,14H,10-13H2,1-4H3,(H,18,19). The predicted octanol–water partition coefficient (Wildman–Crippen LogP) is 2.25. The van der Waals surface area contributed by atoms with Gasteiger partial charge in [-0.1, -0.05) is 25.1 Å². The maximum atomic E-state index is 12.1. The Hall–Kier alpha value is -1.21. The molecule has 1 aliphatic heterocycles. The van der Waals surface area contributed by atoms with Gasteiger partial charge < -0.3 is 10.2 Å². The van der Waals surface area contributed by atoms with E-state index in [1.807, 2.05) is 34.9 Å². The first-order chi connectivity index (χ1) is 11.2. The first kappa shape index (κ1) is 19.1. The number of nitrogens with zero attached hydrogens (tertiary/aromatic N) is 2. The minimum Gasteiger partial charge on any atom is -0.355 e. The topological polar surface area (TPSA) is 61.8 Å². The van der Waals surface area contributed by atoms with E-state index in [1.54, 1.807) is 20.9 Å². The van der Waals surface area contributed by atoms with Crippen molar-refractivity contribution in [3.05, 3.63) is 30.3 Å². The molecule has 1 aromatic rings. The lowest BCUT2D eigenvalue weighted by molar-refractivity contribution is 0.353. The molecule has 0 aliphatic carbocycles. The second-order valence-electron chi connectivity index (χ2n) is 6.67. The molecule has 24 heavy (non-hydrogen) atoms. The Bertz CT molecular complexity index is 672. The van der Waals surface area contributed by atoms with Gasteiger partial charge in [-0.05, 0) is 26.0 Å². The summed E-state index contributed by atoms with van der Waals surface area (Å²) in [6.07, 6.45) is 0. The van der Waals surface area contributed by atoms with Crippen molar-refractivity contribution in [3.63, 3.8) is 0 Å². The van der Waals surface area contributed by atoms with Crippen molar-refractivity contribution in [3.8, 4) is 0 Å². The molecular formula is C17H27N3O2S2. The number of sulfone groups is 1. The number of benzene rings is 1. The number of hydrogen-bond donors (Lipinski definition) is 1. The van der Waals surface area contributed by atoms with Gasteiger partial charge in [-0.2, -0.15) is 0 Å². The smallest absolute Gasteiger partial charge is 0.193 e. The normalized spacial score (nSPS) is 21.3. The van der Waals surface area contributed by atoms with Crippen LogP contribution in [0.15, 0.2) is 40.2 Å². The van der Waals surface area contributed by atoms with Crippen molar-refractivity contribution in [1.82, 2.24) is 10.2 Å². The second-order valence-corrected chi connectivity index (χ2v) is 10.9. The highest BCUT2D eigenvalue weighted by atomic mass is 32.2. The molecule has 0 saturated carbocycles. The summed E-state index contributed by atoms with van der Waals surface area (Å²) in [4.78, 5) is 7.62. The molecule has 1 aliphatic rings. The van der Waals surface area contributed by atoms with Crippen LogP contribution in [-0.2, 0) is 9.84 Å². The van der Waals surface area contributed by atoms with Gasteiger partial charge in [0.15, 0.2) is 15.8 Å². The van der Waals surface area contributed by atoms with Gasteiger partial charge in [0, 0.05) is 36.8 Å². The number of rotatable bonds is 4. The Kier molecular flexibility index (Phi) is 6.20. The number of nitrogens with one attached hydrogen (secondary N) is 1. The van der Waals surface area contributed by atoms with Gasteiger partial charge in [0.25, 0.3) is 0 Å². The van der Waals surface area contributed by atoms with E-state index < -0.39 is 14.6 Å². The molecule has 0 aromatic heterocycles. The third-order valence-electron chi connectivity index (χ3n) is 4.18. The van der Waals surface area contributed by atoms with Gasteiger partial charge in [-0.25, -0.2) is 8.42 Å². The van der Waals surface area contributed by atoms with Gasteiger partial charge in [0.05, 0.1) is 10.5 Å². The quantitative estimate of drug-likeness (QED) is 0.501. The van der Waals surface area contributed by atoms with E-state index in [0.29, 0.717) is 18.3 Å². The molecule has 1 unspecified atom stereocenters. The second kappa shape index (κ2) is 7.78. The lowest BCUT2D eigenvalue weighted by Gasteiger charge is -2.39. The Morgan fingerprint density at radius 2 is 2.04 bits per heavy atom. The van der Waals surface area contributed by atoms with Crippen LogP contribution >= 0.6 is 11.8 Å². The Morgan fingerprint density at radius 1 is 1.38 bits per heavy atom. The van der Waals surface area contributed by atoms with Crippen LogP contribution in [0.25, 0.3) is 0 Å². The Morgan fingerprint density at radius 3 is 2.62 bits per heavy atom. The van der Waals surface area contributed by atoms with E-state index in [1.165, 1.54) is 4.90 Å². The third kappa shape index (κ3) is 4.66. The lowest BCUT2D eigenvalue weighted by atomic mass is 10.2.